The first-order chi connectivity index (χ1) is 14.7. The maximum atomic E-state index is 11.6. The van der Waals surface area contributed by atoms with Gasteiger partial charge in [-0.15, -0.1) is 0 Å². The average molecular weight is 406 g/mol. The van der Waals surface area contributed by atoms with E-state index in [1.807, 2.05) is 12.3 Å². The zero-order chi connectivity index (χ0) is 20.5. The minimum Gasteiger partial charge on any atom is -0.474 e. The molecular formula is C23H27N5O2. The van der Waals surface area contributed by atoms with Crippen molar-refractivity contribution in [2.45, 2.75) is 31.9 Å². The number of rotatable bonds is 5. The normalized spacial score (nSPS) is 17.8. The van der Waals surface area contributed by atoms with Gasteiger partial charge in [-0.2, -0.15) is 0 Å². The number of piperazine rings is 1. The molecule has 7 nitrogen and oxygen atoms in total. The third-order valence-electron chi connectivity index (χ3n) is 6.20. The summed E-state index contributed by atoms with van der Waals surface area (Å²) in [6.07, 6.45) is 7.29. The second-order valence-corrected chi connectivity index (χ2v) is 8.30. The Labute approximate surface area is 175 Å². The van der Waals surface area contributed by atoms with E-state index in [9.17, 15) is 4.79 Å². The van der Waals surface area contributed by atoms with Gasteiger partial charge in [-0.1, -0.05) is 6.07 Å². The maximum Gasteiger partial charge on any atom is 0.250 e. The van der Waals surface area contributed by atoms with Gasteiger partial charge in [0.1, 0.15) is 12.4 Å². The van der Waals surface area contributed by atoms with Crippen molar-refractivity contribution >= 4 is 16.6 Å². The molecule has 0 spiro atoms. The molecule has 0 unspecified atom stereocenters. The zero-order valence-corrected chi connectivity index (χ0v) is 17.3. The van der Waals surface area contributed by atoms with Gasteiger partial charge in [0, 0.05) is 57.7 Å². The van der Waals surface area contributed by atoms with Crippen LogP contribution in [0, 0.1) is 0 Å². The summed E-state index contributed by atoms with van der Waals surface area (Å²) in [5.74, 6) is 0.708. The molecule has 156 valence electrons. The van der Waals surface area contributed by atoms with Crippen LogP contribution in [0.3, 0.4) is 0 Å². The van der Waals surface area contributed by atoms with E-state index < -0.39 is 0 Å². The summed E-state index contributed by atoms with van der Waals surface area (Å²) in [6.45, 7) is 4.76. The van der Waals surface area contributed by atoms with Crippen molar-refractivity contribution in [1.29, 1.82) is 0 Å². The Morgan fingerprint density at radius 3 is 2.63 bits per heavy atom. The molecule has 2 aromatic heterocycles. The lowest BCUT2D eigenvalue weighted by atomic mass is 9.96. The lowest BCUT2D eigenvalue weighted by molar-refractivity contribution is 0.116. The van der Waals surface area contributed by atoms with Gasteiger partial charge in [0.05, 0.1) is 10.9 Å². The molecule has 0 bridgehead atoms. The number of anilines is 1. The molecule has 1 saturated carbocycles. The molecule has 30 heavy (non-hydrogen) atoms. The van der Waals surface area contributed by atoms with Crippen LogP contribution >= 0.6 is 0 Å². The van der Waals surface area contributed by atoms with Gasteiger partial charge in [-0.05, 0) is 43.0 Å². The predicted molar refractivity (Wildman–Crippen MR) is 117 cm³/mol. The number of hydrogen-bond acceptors (Lipinski definition) is 6. The van der Waals surface area contributed by atoms with Crippen molar-refractivity contribution in [3.05, 3.63) is 58.8 Å². The van der Waals surface area contributed by atoms with Crippen molar-refractivity contribution in [3.8, 4) is 5.88 Å². The van der Waals surface area contributed by atoms with E-state index in [0.717, 1.165) is 56.5 Å². The highest BCUT2D eigenvalue weighted by Gasteiger charge is 2.22. The van der Waals surface area contributed by atoms with Gasteiger partial charge in [0.25, 0.3) is 0 Å². The number of aromatic nitrogens is 3. The van der Waals surface area contributed by atoms with Gasteiger partial charge >= 0.3 is 0 Å². The average Bonchev–Trinajstić information content (AvgIpc) is 2.74. The summed E-state index contributed by atoms with van der Waals surface area (Å²) >= 11 is 0. The third kappa shape index (κ3) is 3.89. The Hall–Kier alpha value is -2.93. The van der Waals surface area contributed by atoms with Crippen LogP contribution in [0.5, 0.6) is 5.88 Å². The quantitative estimate of drug-likeness (QED) is 0.650. The molecule has 2 aliphatic rings. The summed E-state index contributed by atoms with van der Waals surface area (Å²) in [5.41, 5.74) is 3.32. The van der Waals surface area contributed by atoms with E-state index >= 15 is 0 Å². The molecule has 7 heteroatoms. The molecule has 2 fully saturated rings. The number of pyridine rings is 1. The van der Waals surface area contributed by atoms with Crippen LogP contribution < -0.4 is 15.2 Å². The Morgan fingerprint density at radius 1 is 1.07 bits per heavy atom. The smallest absolute Gasteiger partial charge is 0.250 e. The van der Waals surface area contributed by atoms with E-state index in [2.05, 4.69) is 38.0 Å². The standard InChI is InChI=1S/C23H27N5O2/c1-26-14-17(5-8-22(26)29)15-27-9-11-28(12-10-27)18-6-7-21-20(13-18)23(25-16-24-21)30-19-3-2-4-19/h5-8,13-14,16,19H,2-4,9-12,15H2,1H3. The lowest BCUT2D eigenvalue weighted by Crippen LogP contribution is -2.46. The van der Waals surface area contributed by atoms with E-state index in [-0.39, 0.29) is 5.56 Å². The Bertz CT molecular complexity index is 1100. The molecular weight excluding hydrogens is 378 g/mol. The summed E-state index contributed by atoms with van der Waals surface area (Å²) in [6, 6.07) is 9.96. The molecule has 0 radical (unpaired) electrons. The van der Waals surface area contributed by atoms with E-state index in [1.54, 1.807) is 24.0 Å². The van der Waals surface area contributed by atoms with Crippen LogP contribution in [0.25, 0.3) is 10.9 Å². The highest BCUT2D eigenvalue weighted by atomic mass is 16.5. The van der Waals surface area contributed by atoms with Gasteiger partial charge in [-0.25, -0.2) is 9.97 Å². The summed E-state index contributed by atoms with van der Waals surface area (Å²) < 4.78 is 7.75. The second-order valence-electron chi connectivity index (χ2n) is 8.30. The molecule has 1 aliphatic heterocycles. The number of nitrogens with zero attached hydrogens (tertiary/aromatic N) is 5. The molecule has 5 rings (SSSR count). The van der Waals surface area contributed by atoms with Gasteiger partial charge in [-0.3, -0.25) is 9.69 Å². The highest BCUT2D eigenvalue weighted by molar-refractivity contribution is 5.86. The van der Waals surface area contributed by atoms with Gasteiger partial charge in [0.2, 0.25) is 11.4 Å². The molecule has 0 N–H and O–H groups in total. The molecule has 1 saturated heterocycles. The van der Waals surface area contributed by atoms with Crippen LogP contribution in [-0.4, -0.2) is 51.7 Å². The summed E-state index contributed by atoms with van der Waals surface area (Å²) in [4.78, 5) is 25.2. The molecule has 3 aromatic rings. The van der Waals surface area contributed by atoms with Crippen molar-refractivity contribution in [3.63, 3.8) is 0 Å². The van der Waals surface area contributed by atoms with E-state index in [4.69, 9.17) is 4.74 Å². The fourth-order valence-electron chi connectivity index (χ4n) is 4.13. The van der Waals surface area contributed by atoms with Crippen molar-refractivity contribution < 1.29 is 4.74 Å². The topological polar surface area (TPSA) is 63.5 Å². The monoisotopic (exact) mass is 405 g/mol. The van der Waals surface area contributed by atoms with Crippen molar-refractivity contribution in [2.75, 3.05) is 31.1 Å². The van der Waals surface area contributed by atoms with Crippen LogP contribution in [0.2, 0.25) is 0 Å². The second kappa shape index (κ2) is 8.07. The Morgan fingerprint density at radius 2 is 1.90 bits per heavy atom. The highest BCUT2D eigenvalue weighted by Crippen LogP contribution is 2.31. The van der Waals surface area contributed by atoms with E-state index in [0.29, 0.717) is 12.0 Å². The fourth-order valence-corrected chi connectivity index (χ4v) is 4.13. The minimum atomic E-state index is 0.0320. The fraction of sp³-hybridized carbons (Fsp3) is 0.435. The first-order valence-electron chi connectivity index (χ1n) is 10.7. The number of hydrogen-bond donors (Lipinski definition) is 0. The first kappa shape index (κ1) is 19.1. The largest absolute Gasteiger partial charge is 0.474 e. The predicted octanol–water partition coefficient (Wildman–Crippen LogP) is 2.58. The molecule has 0 atom stereocenters. The molecule has 1 aliphatic carbocycles. The van der Waals surface area contributed by atoms with Crippen LogP contribution in [0.1, 0.15) is 24.8 Å². The zero-order valence-electron chi connectivity index (χ0n) is 17.3. The maximum absolute atomic E-state index is 11.6. The summed E-state index contributed by atoms with van der Waals surface area (Å²) in [7, 11) is 1.80. The molecule has 3 heterocycles. The van der Waals surface area contributed by atoms with Crippen molar-refractivity contribution in [2.24, 2.45) is 7.05 Å². The number of aryl methyl sites for hydroxylation is 1. The molecule has 1 aromatic carbocycles. The summed E-state index contributed by atoms with van der Waals surface area (Å²) in [5, 5.41) is 0.995. The lowest BCUT2D eigenvalue weighted by Gasteiger charge is -2.36. The van der Waals surface area contributed by atoms with Gasteiger partial charge < -0.3 is 14.2 Å². The number of ether oxygens (including phenoxy) is 1. The first-order valence-corrected chi connectivity index (χ1v) is 10.7. The molecule has 0 amide bonds. The number of benzene rings is 1. The van der Waals surface area contributed by atoms with Crippen LogP contribution in [0.15, 0.2) is 47.7 Å². The number of fused-ring (bicyclic) bond motifs is 1. The van der Waals surface area contributed by atoms with Crippen molar-refractivity contribution in [1.82, 2.24) is 19.4 Å². The van der Waals surface area contributed by atoms with E-state index in [1.165, 1.54) is 17.7 Å². The third-order valence-corrected chi connectivity index (χ3v) is 6.20. The minimum absolute atomic E-state index is 0.0320. The Kier molecular flexibility index (Phi) is 5.12. The SMILES string of the molecule is Cn1cc(CN2CCN(c3ccc4ncnc(OC5CCC5)c4c3)CC2)ccc1=O. The van der Waals surface area contributed by atoms with Crippen LogP contribution in [-0.2, 0) is 13.6 Å². The van der Waals surface area contributed by atoms with Gasteiger partial charge in [0.15, 0.2) is 0 Å². The van der Waals surface area contributed by atoms with Crippen LogP contribution in [0.4, 0.5) is 5.69 Å². The Balaban J connectivity index is 1.27.